The molecule has 68 valence electrons. The van der Waals surface area contributed by atoms with E-state index in [1.165, 1.54) is 0 Å². The molecule has 0 fully saturated rings. The standard InChI is InChI=1S/C8H9N3O2/c1-6-10-4-7(13-6)5-11-8(12)2-3-9/h4H,2,5H2,1H3,(H,11,12). The van der Waals surface area contributed by atoms with Crippen molar-refractivity contribution in [3.63, 3.8) is 0 Å². The van der Waals surface area contributed by atoms with Crippen molar-refractivity contribution in [2.24, 2.45) is 0 Å². The summed E-state index contributed by atoms with van der Waals surface area (Å²) in [7, 11) is 0. The quantitative estimate of drug-likeness (QED) is 0.733. The van der Waals surface area contributed by atoms with E-state index < -0.39 is 0 Å². The minimum absolute atomic E-state index is 0.132. The normalized spacial score (nSPS) is 9.23. The summed E-state index contributed by atoms with van der Waals surface area (Å²) in [5.41, 5.74) is 0. The molecule has 0 saturated carbocycles. The van der Waals surface area contributed by atoms with Gasteiger partial charge in [-0.2, -0.15) is 5.26 Å². The van der Waals surface area contributed by atoms with Crippen LogP contribution in [0.4, 0.5) is 0 Å². The van der Waals surface area contributed by atoms with E-state index in [2.05, 4.69) is 10.3 Å². The third-order valence-corrected chi connectivity index (χ3v) is 1.37. The number of amides is 1. The third kappa shape index (κ3) is 2.95. The molecule has 1 rings (SSSR count). The zero-order chi connectivity index (χ0) is 9.68. The number of aromatic nitrogens is 1. The van der Waals surface area contributed by atoms with Gasteiger partial charge in [-0.15, -0.1) is 0 Å². The van der Waals surface area contributed by atoms with Crippen LogP contribution in [0.3, 0.4) is 0 Å². The Morgan fingerprint density at radius 2 is 2.62 bits per heavy atom. The summed E-state index contributed by atoms with van der Waals surface area (Å²) in [5.74, 6) is 0.838. The number of oxazole rings is 1. The highest BCUT2D eigenvalue weighted by Gasteiger charge is 2.02. The van der Waals surface area contributed by atoms with E-state index in [1.54, 1.807) is 19.2 Å². The molecule has 0 aliphatic heterocycles. The van der Waals surface area contributed by atoms with Crippen LogP contribution in [0.25, 0.3) is 0 Å². The third-order valence-electron chi connectivity index (χ3n) is 1.37. The van der Waals surface area contributed by atoms with Gasteiger partial charge in [-0.25, -0.2) is 4.98 Å². The van der Waals surface area contributed by atoms with Crippen LogP contribution in [0.5, 0.6) is 0 Å². The number of rotatable bonds is 3. The average molecular weight is 179 g/mol. The van der Waals surface area contributed by atoms with Gasteiger partial charge in [0.25, 0.3) is 0 Å². The summed E-state index contributed by atoms with van der Waals surface area (Å²) >= 11 is 0. The van der Waals surface area contributed by atoms with Crippen molar-refractivity contribution >= 4 is 5.91 Å². The summed E-state index contributed by atoms with van der Waals surface area (Å²) in [4.78, 5) is 14.7. The maximum atomic E-state index is 10.8. The first kappa shape index (κ1) is 9.26. The van der Waals surface area contributed by atoms with Crippen molar-refractivity contribution in [2.45, 2.75) is 19.9 Å². The highest BCUT2D eigenvalue weighted by Crippen LogP contribution is 2.00. The number of carbonyl (C=O) groups excluding carboxylic acids is 1. The Morgan fingerprint density at radius 3 is 3.15 bits per heavy atom. The zero-order valence-electron chi connectivity index (χ0n) is 7.20. The predicted octanol–water partition coefficient (Wildman–Crippen LogP) is 0.513. The second-order valence-electron chi connectivity index (χ2n) is 2.46. The van der Waals surface area contributed by atoms with Crippen LogP contribution in [0.1, 0.15) is 18.1 Å². The number of hydrogen-bond acceptors (Lipinski definition) is 4. The molecule has 1 aromatic heterocycles. The van der Waals surface area contributed by atoms with Crippen LogP contribution in [-0.4, -0.2) is 10.9 Å². The van der Waals surface area contributed by atoms with Gasteiger partial charge < -0.3 is 9.73 Å². The SMILES string of the molecule is Cc1ncc(CNC(=O)CC#N)o1. The Bertz CT molecular complexity index is 337. The lowest BCUT2D eigenvalue weighted by atomic mass is 10.4. The van der Waals surface area contributed by atoms with Gasteiger partial charge in [0.2, 0.25) is 5.91 Å². The summed E-state index contributed by atoms with van der Waals surface area (Å²) in [6.45, 7) is 2.00. The molecule has 0 atom stereocenters. The van der Waals surface area contributed by atoms with Gasteiger partial charge in [0.15, 0.2) is 5.89 Å². The van der Waals surface area contributed by atoms with Crippen LogP contribution < -0.4 is 5.32 Å². The van der Waals surface area contributed by atoms with Crippen LogP contribution in [0.15, 0.2) is 10.6 Å². The number of nitrogens with zero attached hydrogens (tertiary/aromatic N) is 2. The molecule has 0 aliphatic carbocycles. The lowest BCUT2D eigenvalue weighted by molar-refractivity contribution is -0.120. The molecule has 1 aromatic rings. The van der Waals surface area contributed by atoms with Crippen molar-refractivity contribution < 1.29 is 9.21 Å². The average Bonchev–Trinajstić information content (AvgIpc) is 2.49. The fraction of sp³-hybridized carbons (Fsp3) is 0.375. The molecule has 1 N–H and O–H groups in total. The van der Waals surface area contributed by atoms with Crippen LogP contribution >= 0.6 is 0 Å². The maximum absolute atomic E-state index is 10.8. The van der Waals surface area contributed by atoms with E-state index in [0.717, 1.165) is 0 Å². The molecule has 0 aromatic carbocycles. The van der Waals surface area contributed by atoms with Gasteiger partial charge in [-0.3, -0.25) is 4.79 Å². The van der Waals surface area contributed by atoms with E-state index >= 15 is 0 Å². The molecule has 0 spiro atoms. The molecule has 13 heavy (non-hydrogen) atoms. The van der Waals surface area contributed by atoms with Gasteiger partial charge in [0.1, 0.15) is 12.2 Å². The molecular weight excluding hydrogens is 170 g/mol. The molecular formula is C8H9N3O2. The Balaban J connectivity index is 2.36. The fourth-order valence-electron chi connectivity index (χ4n) is 0.807. The first-order chi connectivity index (χ1) is 6.22. The van der Waals surface area contributed by atoms with E-state index in [0.29, 0.717) is 11.7 Å². The second kappa shape index (κ2) is 4.26. The zero-order valence-corrected chi connectivity index (χ0v) is 7.20. The van der Waals surface area contributed by atoms with Crippen LogP contribution in [0.2, 0.25) is 0 Å². The summed E-state index contributed by atoms with van der Waals surface area (Å²) < 4.78 is 5.10. The molecule has 1 heterocycles. The molecule has 0 unspecified atom stereocenters. The summed E-state index contributed by atoms with van der Waals surface area (Å²) in [5, 5.41) is 10.7. The summed E-state index contributed by atoms with van der Waals surface area (Å²) in [6.07, 6.45) is 1.41. The fourth-order valence-corrected chi connectivity index (χ4v) is 0.807. The van der Waals surface area contributed by atoms with Crippen molar-refractivity contribution in [3.05, 3.63) is 17.8 Å². The smallest absolute Gasteiger partial charge is 0.234 e. The minimum atomic E-state index is -0.309. The Morgan fingerprint density at radius 1 is 1.85 bits per heavy atom. The molecule has 5 heteroatoms. The van der Waals surface area contributed by atoms with Crippen molar-refractivity contribution in [2.75, 3.05) is 0 Å². The Kier molecular flexibility index (Phi) is 3.03. The number of aryl methyl sites for hydroxylation is 1. The van der Waals surface area contributed by atoms with Crippen LogP contribution in [0, 0.1) is 18.3 Å². The molecule has 0 radical (unpaired) electrons. The van der Waals surface area contributed by atoms with Gasteiger partial charge in [0, 0.05) is 6.92 Å². The van der Waals surface area contributed by atoms with Gasteiger partial charge in [0.05, 0.1) is 18.8 Å². The Labute approximate surface area is 75.4 Å². The first-order valence-corrected chi connectivity index (χ1v) is 3.77. The van der Waals surface area contributed by atoms with Crippen LogP contribution in [-0.2, 0) is 11.3 Å². The van der Waals surface area contributed by atoms with E-state index in [9.17, 15) is 4.79 Å². The maximum Gasteiger partial charge on any atom is 0.234 e. The minimum Gasteiger partial charge on any atom is -0.444 e. The highest BCUT2D eigenvalue weighted by atomic mass is 16.4. The highest BCUT2D eigenvalue weighted by molar-refractivity contribution is 5.77. The lowest BCUT2D eigenvalue weighted by Crippen LogP contribution is -2.21. The molecule has 0 aliphatic rings. The topological polar surface area (TPSA) is 78.9 Å². The van der Waals surface area contributed by atoms with E-state index in [-0.39, 0.29) is 18.9 Å². The lowest BCUT2D eigenvalue weighted by Gasteiger charge is -1.97. The van der Waals surface area contributed by atoms with E-state index in [1.807, 2.05) is 0 Å². The van der Waals surface area contributed by atoms with Crippen molar-refractivity contribution in [3.8, 4) is 6.07 Å². The molecule has 1 amide bonds. The molecule has 5 nitrogen and oxygen atoms in total. The van der Waals surface area contributed by atoms with Gasteiger partial charge in [-0.1, -0.05) is 0 Å². The monoisotopic (exact) mass is 179 g/mol. The van der Waals surface area contributed by atoms with Gasteiger partial charge >= 0.3 is 0 Å². The first-order valence-electron chi connectivity index (χ1n) is 3.77. The number of nitriles is 1. The predicted molar refractivity (Wildman–Crippen MR) is 43.3 cm³/mol. The van der Waals surface area contributed by atoms with E-state index in [4.69, 9.17) is 9.68 Å². The molecule has 0 saturated heterocycles. The summed E-state index contributed by atoms with van der Waals surface area (Å²) in [6, 6.07) is 1.75. The van der Waals surface area contributed by atoms with Gasteiger partial charge in [-0.05, 0) is 0 Å². The number of hydrogen-bond donors (Lipinski definition) is 1. The Hall–Kier alpha value is -1.83. The number of nitrogens with one attached hydrogen (secondary N) is 1. The largest absolute Gasteiger partial charge is 0.444 e. The number of carbonyl (C=O) groups is 1. The van der Waals surface area contributed by atoms with Crippen molar-refractivity contribution in [1.82, 2.24) is 10.3 Å². The second-order valence-corrected chi connectivity index (χ2v) is 2.46. The molecule has 0 bridgehead atoms. The van der Waals surface area contributed by atoms with Crippen molar-refractivity contribution in [1.29, 1.82) is 5.26 Å².